The van der Waals surface area contributed by atoms with E-state index in [-0.39, 0.29) is 55.3 Å². The summed E-state index contributed by atoms with van der Waals surface area (Å²) in [5.41, 5.74) is 0. The first-order valence-corrected chi connectivity index (χ1v) is 8.41. The van der Waals surface area contributed by atoms with Crippen LogP contribution in [0.15, 0.2) is 0 Å². The van der Waals surface area contributed by atoms with E-state index in [1.807, 2.05) is 16.7 Å². The zero-order valence-electron chi connectivity index (χ0n) is 12.5. The molecule has 0 aromatic rings. The highest BCUT2D eigenvalue weighted by atomic mass is 35.5. The summed E-state index contributed by atoms with van der Waals surface area (Å²) in [7, 11) is 0. The number of thioether (sulfide) groups is 1. The average Bonchev–Trinajstić information content (AvgIpc) is 3.10. The molecule has 1 amide bonds. The predicted octanol–water partition coefficient (Wildman–Crippen LogP) is 0.972. The van der Waals surface area contributed by atoms with Crippen molar-refractivity contribution in [2.75, 3.05) is 37.8 Å². The van der Waals surface area contributed by atoms with Crippen LogP contribution >= 0.6 is 49.0 Å². The number of aliphatic hydroxyl groups is 1. The third kappa shape index (κ3) is 5.30. The van der Waals surface area contributed by atoms with E-state index in [9.17, 15) is 9.90 Å². The number of carbonyl (C=O) groups is 1. The van der Waals surface area contributed by atoms with Gasteiger partial charge in [-0.2, -0.15) is 0 Å². The van der Waals surface area contributed by atoms with Crippen LogP contribution in [0, 0.1) is 0 Å². The molecule has 0 aliphatic carbocycles. The van der Waals surface area contributed by atoms with Gasteiger partial charge in [-0.1, -0.05) is 0 Å². The van der Waals surface area contributed by atoms with E-state index in [2.05, 4.69) is 10.2 Å². The number of piperidine rings is 1. The summed E-state index contributed by atoms with van der Waals surface area (Å²) in [5, 5.41) is 12.9. The molecule has 2 N–H and O–H groups in total. The van der Waals surface area contributed by atoms with E-state index in [0.29, 0.717) is 6.04 Å². The molecule has 3 rings (SSSR count). The molecule has 3 aliphatic rings. The zero-order valence-corrected chi connectivity index (χ0v) is 15.7. The fourth-order valence-electron chi connectivity index (χ4n) is 3.24. The van der Waals surface area contributed by atoms with Gasteiger partial charge in [0, 0.05) is 38.0 Å². The molecule has 2 atom stereocenters. The number of nitrogens with zero attached hydrogens (tertiary/aromatic N) is 2. The van der Waals surface area contributed by atoms with Gasteiger partial charge in [-0.25, -0.2) is 0 Å². The number of likely N-dealkylation sites (tertiary alicyclic amines) is 1. The molecule has 132 valence electrons. The van der Waals surface area contributed by atoms with E-state index in [1.165, 1.54) is 0 Å². The highest BCUT2D eigenvalue weighted by molar-refractivity contribution is 7.99. The molecule has 3 aliphatic heterocycles. The van der Waals surface area contributed by atoms with Crippen molar-refractivity contribution in [3.63, 3.8) is 0 Å². The third-order valence-corrected chi connectivity index (χ3v) is 5.45. The molecule has 0 bridgehead atoms. The minimum absolute atomic E-state index is 0. The van der Waals surface area contributed by atoms with E-state index >= 15 is 0 Å². The highest BCUT2D eigenvalue weighted by Crippen LogP contribution is 2.22. The quantitative estimate of drug-likeness (QED) is 0.731. The number of halogens is 3. The first-order chi connectivity index (χ1) is 9.24. The minimum Gasteiger partial charge on any atom is -0.393 e. The molecule has 22 heavy (non-hydrogen) atoms. The van der Waals surface area contributed by atoms with Gasteiger partial charge >= 0.3 is 0 Å². The number of nitrogens with one attached hydrogen (secondary N) is 1. The van der Waals surface area contributed by atoms with Crippen LogP contribution in [0.25, 0.3) is 0 Å². The van der Waals surface area contributed by atoms with Crippen LogP contribution in [0.4, 0.5) is 0 Å². The lowest BCUT2D eigenvalue weighted by atomic mass is 10.0. The number of carbonyl (C=O) groups excluding carboxylic acids is 1. The maximum atomic E-state index is 12.3. The lowest BCUT2D eigenvalue weighted by Crippen LogP contribution is -2.43. The summed E-state index contributed by atoms with van der Waals surface area (Å²) in [4.78, 5) is 16.7. The Kier molecular flexibility index (Phi) is 10.7. The van der Waals surface area contributed by atoms with Gasteiger partial charge in [0.2, 0.25) is 5.91 Å². The fourth-order valence-corrected chi connectivity index (χ4v) is 4.20. The number of rotatable bonds is 2. The molecule has 5 nitrogen and oxygen atoms in total. The molecule has 3 fully saturated rings. The highest BCUT2D eigenvalue weighted by Gasteiger charge is 2.36. The standard InChI is InChI=1S/C13H23N3O2S.3ClH/c17-11-1-3-15(4-2-11)10-7-12(14-8-10)13(18)16-5-6-19-9-16;;;/h10-12,14,17H,1-9H2;3*1H/t10-,12-;;;/m0.../s1. The Bertz CT molecular complexity index is 340. The Balaban J connectivity index is 0.00000147. The summed E-state index contributed by atoms with van der Waals surface area (Å²) in [6.45, 7) is 3.75. The largest absolute Gasteiger partial charge is 0.393 e. The normalized spacial score (nSPS) is 29.4. The van der Waals surface area contributed by atoms with Gasteiger partial charge < -0.3 is 15.3 Å². The Hall–Kier alpha value is 0.570. The number of hydrogen-bond donors (Lipinski definition) is 2. The van der Waals surface area contributed by atoms with Crippen LogP contribution in [0.3, 0.4) is 0 Å². The van der Waals surface area contributed by atoms with Crippen molar-refractivity contribution < 1.29 is 9.90 Å². The van der Waals surface area contributed by atoms with Crippen molar-refractivity contribution in [1.29, 1.82) is 0 Å². The number of amides is 1. The summed E-state index contributed by atoms with van der Waals surface area (Å²) in [6, 6.07) is 0.479. The molecule has 0 saturated carbocycles. The van der Waals surface area contributed by atoms with Crippen LogP contribution in [-0.2, 0) is 4.79 Å². The molecule has 9 heteroatoms. The van der Waals surface area contributed by atoms with Crippen LogP contribution in [0.5, 0.6) is 0 Å². The van der Waals surface area contributed by atoms with Crippen LogP contribution < -0.4 is 5.32 Å². The van der Waals surface area contributed by atoms with Gasteiger partial charge in [-0.3, -0.25) is 9.69 Å². The molecule has 0 unspecified atom stereocenters. The van der Waals surface area contributed by atoms with Crippen molar-refractivity contribution in [3.05, 3.63) is 0 Å². The second-order valence-corrected chi connectivity index (χ2v) is 6.83. The first kappa shape index (κ1) is 22.6. The predicted molar refractivity (Wildman–Crippen MR) is 97.8 cm³/mol. The third-order valence-electron chi connectivity index (χ3n) is 4.49. The second-order valence-electron chi connectivity index (χ2n) is 5.76. The van der Waals surface area contributed by atoms with Crippen LogP contribution in [-0.4, -0.2) is 76.8 Å². The van der Waals surface area contributed by atoms with Gasteiger partial charge in [-0.15, -0.1) is 49.0 Å². The van der Waals surface area contributed by atoms with Gasteiger partial charge in [0.05, 0.1) is 18.0 Å². The second kappa shape index (κ2) is 10.4. The summed E-state index contributed by atoms with van der Waals surface area (Å²) in [5.74, 6) is 2.22. The van der Waals surface area contributed by atoms with Crippen LogP contribution in [0.1, 0.15) is 19.3 Å². The fraction of sp³-hybridized carbons (Fsp3) is 0.923. The number of hydrogen-bond acceptors (Lipinski definition) is 5. The summed E-state index contributed by atoms with van der Waals surface area (Å²) in [6.07, 6.45) is 2.55. The maximum absolute atomic E-state index is 12.3. The molecular formula is C13H26Cl3N3O2S. The average molecular weight is 395 g/mol. The van der Waals surface area contributed by atoms with Crippen molar-refractivity contribution in [1.82, 2.24) is 15.1 Å². The maximum Gasteiger partial charge on any atom is 0.240 e. The zero-order chi connectivity index (χ0) is 13.2. The molecule has 3 saturated heterocycles. The molecule has 0 aromatic carbocycles. The van der Waals surface area contributed by atoms with Crippen molar-refractivity contribution in [3.8, 4) is 0 Å². The van der Waals surface area contributed by atoms with E-state index in [4.69, 9.17) is 0 Å². The monoisotopic (exact) mass is 393 g/mol. The molecule has 0 aromatic heterocycles. The molecule has 3 heterocycles. The Morgan fingerprint density at radius 1 is 1.14 bits per heavy atom. The smallest absolute Gasteiger partial charge is 0.240 e. The summed E-state index contributed by atoms with van der Waals surface area (Å²) < 4.78 is 0. The van der Waals surface area contributed by atoms with E-state index < -0.39 is 0 Å². The topological polar surface area (TPSA) is 55.8 Å². The molecule has 0 radical (unpaired) electrons. The lowest BCUT2D eigenvalue weighted by Gasteiger charge is -2.34. The van der Waals surface area contributed by atoms with Gasteiger partial charge in [0.1, 0.15) is 0 Å². The first-order valence-electron chi connectivity index (χ1n) is 7.26. The van der Waals surface area contributed by atoms with Crippen molar-refractivity contribution in [2.45, 2.75) is 37.5 Å². The van der Waals surface area contributed by atoms with Gasteiger partial charge in [-0.05, 0) is 19.3 Å². The van der Waals surface area contributed by atoms with Crippen molar-refractivity contribution in [2.24, 2.45) is 0 Å². The summed E-state index contributed by atoms with van der Waals surface area (Å²) >= 11 is 1.84. The molecular weight excluding hydrogens is 369 g/mol. The van der Waals surface area contributed by atoms with Crippen LogP contribution in [0.2, 0.25) is 0 Å². The van der Waals surface area contributed by atoms with E-state index in [0.717, 1.165) is 57.1 Å². The van der Waals surface area contributed by atoms with Crippen molar-refractivity contribution >= 4 is 54.9 Å². The lowest BCUT2D eigenvalue weighted by molar-refractivity contribution is -0.131. The van der Waals surface area contributed by atoms with Gasteiger partial charge in [0.25, 0.3) is 0 Å². The Labute approximate surface area is 155 Å². The minimum atomic E-state index is -0.121. The van der Waals surface area contributed by atoms with Gasteiger partial charge in [0.15, 0.2) is 0 Å². The Morgan fingerprint density at radius 2 is 1.82 bits per heavy atom. The SMILES string of the molecule is Cl.Cl.Cl.O=C([C@@H]1C[C@H](N2CCC(O)CC2)CN1)N1CCSC1. The Morgan fingerprint density at radius 3 is 2.41 bits per heavy atom. The van der Waals surface area contributed by atoms with E-state index in [1.54, 1.807) is 0 Å². The molecule has 0 spiro atoms. The number of aliphatic hydroxyl groups excluding tert-OH is 1.